The topological polar surface area (TPSA) is 17.4 Å². The summed E-state index contributed by atoms with van der Waals surface area (Å²) in [5.41, 5.74) is 13.4. The number of nitrogens with zero attached hydrogens (tertiary/aromatic N) is 2. The van der Waals surface area contributed by atoms with Crippen LogP contribution in [0.15, 0.2) is 231 Å². The van der Waals surface area contributed by atoms with Crippen LogP contribution in [0.25, 0.3) is 80.3 Å². The smallest absolute Gasteiger partial charge is 0.132 e. The number of rotatable bonds is 4. The quantitative estimate of drug-likeness (QED) is 0.175. The molecule has 0 radical (unpaired) electrons. The summed E-state index contributed by atoms with van der Waals surface area (Å²) >= 11 is 1.85. The van der Waals surface area contributed by atoms with E-state index in [9.17, 15) is 0 Å². The van der Waals surface area contributed by atoms with Crippen LogP contribution >= 0.6 is 11.3 Å². The van der Waals surface area contributed by atoms with Crippen molar-refractivity contribution in [3.8, 4) is 28.3 Å². The first-order valence-electron chi connectivity index (χ1n) is 23.0. The number of thiophene rings is 1. The fraction of sp³-hybridized carbons (Fsp3) is 0.0159. The lowest BCUT2D eigenvalue weighted by atomic mass is 9.58. The van der Waals surface area contributed by atoms with Crippen LogP contribution in [0.5, 0.6) is 11.5 Å². The first-order chi connectivity index (χ1) is 33.2. The lowest BCUT2D eigenvalue weighted by molar-refractivity contribution is 0.435. The first kappa shape index (κ1) is 36.9. The van der Waals surface area contributed by atoms with E-state index in [1.54, 1.807) is 0 Å². The van der Waals surface area contributed by atoms with Gasteiger partial charge in [0.2, 0.25) is 0 Å². The van der Waals surface area contributed by atoms with Crippen molar-refractivity contribution in [1.82, 2.24) is 4.57 Å². The molecular weight excluding hydrogens is 833 g/mol. The predicted octanol–water partition coefficient (Wildman–Crippen LogP) is 17.4. The van der Waals surface area contributed by atoms with Gasteiger partial charge in [-0.05, 0) is 105 Å². The molecule has 15 rings (SSSR count). The van der Waals surface area contributed by atoms with Crippen LogP contribution in [0.4, 0.5) is 17.1 Å². The second kappa shape index (κ2) is 13.8. The third kappa shape index (κ3) is 5.00. The van der Waals surface area contributed by atoms with Gasteiger partial charge in [-0.2, -0.15) is 0 Å². The molecule has 1 atom stereocenters. The predicted molar refractivity (Wildman–Crippen MR) is 281 cm³/mol. The molecule has 1 unspecified atom stereocenters. The molecule has 0 saturated heterocycles. The largest absolute Gasteiger partial charge is 0.457 e. The number of ether oxygens (including phenoxy) is 1. The number of hydrogen-bond donors (Lipinski definition) is 0. The summed E-state index contributed by atoms with van der Waals surface area (Å²) < 4.78 is 12.0. The summed E-state index contributed by atoms with van der Waals surface area (Å²) in [4.78, 5) is 2.50. The Labute approximate surface area is 390 Å². The van der Waals surface area contributed by atoms with Crippen LogP contribution in [0.3, 0.4) is 0 Å². The highest BCUT2D eigenvalue weighted by Gasteiger charge is 2.49. The molecule has 1 aliphatic carbocycles. The third-order valence-corrected chi connectivity index (χ3v) is 15.7. The average Bonchev–Trinajstić information content (AvgIpc) is 3.93. The number of anilines is 3. The fourth-order valence-electron chi connectivity index (χ4n) is 11.9. The van der Waals surface area contributed by atoms with Crippen LogP contribution in [0.1, 0.15) is 22.3 Å². The molecule has 0 amide bonds. The number of hydrogen-bond acceptors (Lipinski definition) is 3. The minimum atomic E-state index is -0.678. The lowest BCUT2D eigenvalue weighted by Gasteiger charge is -2.45. The zero-order chi connectivity index (χ0) is 43.8. The Morgan fingerprint density at radius 3 is 1.96 bits per heavy atom. The Bertz CT molecular complexity index is 4220. The van der Waals surface area contributed by atoms with E-state index in [-0.39, 0.29) is 0 Å². The maximum absolute atomic E-state index is 7.04. The standard InChI is InChI=1S/C63H38N2OS/c1-2-19-43-39(15-1)16-13-28-53(43)65-54-27-8-4-21-45(54)46-35-33-42(38-56(46)65)64(55-29-14-32-60-62(55)48-22-5-10-31-59(48)67-60)41-34-36-58-52(37-41)63(50-25-7-9-30-57(50)66-58)49-24-6-3-20-44(49)47-23-11-17-40-18-12-26-51(63)61(40)47/h1-38H. The van der Waals surface area contributed by atoms with Crippen molar-refractivity contribution in [1.29, 1.82) is 0 Å². The van der Waals surface area contributed by atoms with E-state index in [0.29, 0.717) is 0 Å². The Balaban J connectivity index is 1.06. The summed E-state index contributed by atoms with van der Waals surface area (Å²) in [5, 5.41) is 9.90. The summed E-state index contributed by atoms with van der Waals surface area (Å²) in [6, 6.07) is 85.2. The van der Waals surface area contributed by atoms with E-state index in [0.717, 1.165) is 50.9 Å². The molecule has 1 aliphatic heterocycles. The summed E-state index contributed by atoms with van der Waals surface area (Å²) in [7, 11) is 0. The minimum Gasteiger partial charge on any atom is -0.457 e. The van der Waals surface area contributed by atoms with E-state index in [4.69, 9.17) is 4.74 Å². The van der Waals surface area contributed by atoms with Gasteiger partial charge >= 0.3 is 0 Å². The molecule has 0 bridgehead atoms. The Morgan fingerprint density at radius 2 is 1.01 bits per heavy atom. The van der Waals surface area contributed by atoms with Gasteiger partial charge in [0.05, 0.1) is 27.8 Å². The van der Waals surface area contributed by atoms with Gasteiger partial charge in [-0.15, -0.1) is 11.3 Å². The molecule has 2 aliphatic rings. The maximum atomic E-state index is 7.04. The first-order valence-corrected chi connectivity index (χ1v) is 23.8. The molecular formula is C63H38N2OS. The zero-order valence-electron chi connectivity index (χ0n) is 36.2. The second-order valence-corrected chi connectivity index (χ2v) is 19.0. The molecule has 0 fully saturated rings. The molecule has 0 N–H and O–H groups in total. The normalized spacial score (nSPS) is 14.7. The highest BCUT2D eigenvalue weighted by molar-refractivity contribution is 7.26. The molecule has 11 aromatic carbocycles. The molecule has 13 aromatic rings. The fourth-order valence-corrected chi connectivity index (χ4v) is 13.1. The van der Waals surface area contributed by atoms with Crippen LogP contribution in [0, 0.1) is 0 Å². The van der Waals surface area contributed by atoms with Crippen molar-refractivity contribution in [3.63, 3.8) is 0 Å². The number of para-hydroxylation sites is 2. The molecule has 3 heterocycles. The van der Waals surface area contributed by atoms with Crippen LogP contribution < -0.4 is 9.64 Å². The van der Waals surface area contributed by atoms with Gasteiger partial charge in [-0.3, -0.25) is 0 Å². The van der Waals surface area contributed by atoms with Gasteiger partial charge in [0, 0.05) is 58.8 Å². The van der Waals surface area contributed by atoms with Crippen LogP contribution in [-0.4, -0.2) is 4.57 Å². The summed E-state index contributed by atoms with van der Waals surface area (Å²) in [6.07, 6.45) is 0. The third-order valence-electron chi connectivity index (χ3n) is 14.6. The van der Waals surface area contributed by atoms with E-state index in [1.165, 1.54) is 80.3 Å². The summed E-state index contributed by atoms with van der Waals surface area (Å²) in [5.74, 6) is 1.74. The molecule has 4 heteroatoms. The van der Waals surface area contributed by atoms with Crippen LogP contribution in [0.2, 0.25) is 0 Å². The molecule has 1 spiro atoms. The van der Waals surface area contributed by atoms with Gasteiger partial charge in [-0.1, -0.05) is 164 Å². The van der Waals surface area contributed by atoms with Crippen molar-refractivity contribution in [2.24, 2.45) is 0 Å². The number of benzene rings is 11. The lowest BCUT2D eigenvalue weighted by Crippen LogP contribution is -2.36. The van der Waals surface area contributed by atoms with Gasteiger partial charge < -0.3 is 14.2 Å². The molecule has 0 saturated carbocycles. The van der Waals surface area contributed by atoms with Gasteiger partial charge in [-0.25, -0.2) is 0 Å². The van der Waals surface area contributed by atoms with Crippen molar-refractivity contribution < 1.29 is 4.74 Å². The monoisotopic (exact) mass is 870 g/mol. The van der Waals surface area contributed by atoms with Gasteiger partial charge in [0.15, 0.2) is 0 Å². The van der Waals surface area contributed by atoms with Crippen molar-refractivity contribution >= 4 is 91.9 Å². The van der Waals surface area contributed by atoms with E-state index in [2.05, 4.69) is 240 Å². The zero-order valence-corrected chi connectivity index (χ0v) is 37.0. The van der Waals surface area contributed by atoms with Crippen molar-refractivity contribution in [2.75, 3.05) is 4.90 Å². The minimum absolute atomic E-state index is 0.678. The Kier molecular flexibility index (Phi) is 7.58. The molecule has 2 aromatic heterocycles. The van der Waals surface area contributed by atoms with Gasteiger partial charge in [0.25, 0.3) is 0 Å². The Morgan fingerprint density at radius 1 is 0.388 bits per heavy atom. The highest BCUT2D eigenvalue weighted by atomic mass is 32.1. The average molecular weight is 871 g/mol. The SMILES string of the molecule is c1ccc2c(c1)Oc1ccc(N(c3ccc4c5ccccc5n(-c5cccc6ccccc56)c4c3)c3cccc4sc5ccccc5c34)cc1C21c2ccccc2-c2cccc3cccc1c23. The highest BCUT2D eigenvalue weighted by Crippen LogP contribution is 2.62. The van der Waals surface area contributed by atoms with Crippen molar-refractivity contribution in [2.45, 2.75) is 5.41 Å². The molecule has 312 valence electrons. The summed E-state index contributed by atoms with van der Waals surface area (Å²) in [6.45, 7) is 0. The second-order valence-electron chi connectivity index (χ2n) is 17.9. The molecule has 67 heavy (non-hydrogen) atoms. The van der Waals surface area contributed by atoms with E-state index in [1.807, 2.05) is 11.3 Å². The number of aromatic nitrogens is 1. The molecule has 3 nitrogen and oxygen atoms in total. The Hall–Kier alpha value is -8.44. The number of fused-ring (bicyclic) bond motifs is 15. The van der Waals surface area contributed by atoms with E-state index < -0.39 is 5.41 Å². The van der Waals surface area contributed by atoms with Crippen LogP contribution in [-0.2, 0) is 5.41 Å². The van der Waals surface area contributed by atoms with Crippen molar-refractivity contribution in [3.05, 3.63) is 253 Å². The maximum Gasteiger partial charge on any atom is 0.132 e. The van der Waals surface area contributed by atoms with Gasteiger partial charge in [0.1, 0.15) is 11.5 Å². The van der Waals surface area contributed by atoms with E-state index >= 15 is 0 Å².